The summed E-state index contributed by atoms with van der Waals surface area (Å²) in [5.41, 5.74) is 26.2. The van der Waals surface area contributed by atoms with E-state index in [0.29, 0.717) is 10.7 Å². The molecule has 0 amide bonds. The number of hydrogen-bond acceptors (Lipinski definition) is 2. The lowest BCUT2D eigenvalue weighted by Crippen LogP contribution is -2.15. The Bertz CT molecular complexity index is 2990. The molecule has 0 unspecified atom stereocenters. The van der Waals surface area contributed by atoms with Crippen LogP contribution in [0.4, 0.5) is 22.7 Å². The van der Waals surface area contributed by atoms with Gasteiger partial charge in [0, 0.05) is 33.0 Å². The van der Waals surface area contributed by atoms with Gasteiger partial charge in [-0.05, 0) is 118 Å². The van der Waals surface area contributed by atoms with Crippen molar-refractivity contribution in [2.75, 3.05) is 10.6 Å². The molecule has 2 N–H and O–H groups in total. The van der Waals surface area contributed by atoms with E-state index in [1.807, 2.05) is 30.3 Å². The fourth-order valence-electron chi connectivity index (χ4n) is 9.54. The summed E-state index contributed by atoms with van der Waals surface area (Å²) in [6.45, 7) is 4.73. The monoisotopic (exact) mass is 727 g/mol. The topological polar surface area (TPSA) is 34.2 Å². The first-order valence-corrected chi connectivity index (χ1v) is 19.5. The Hall–Kier alpha value is -6.29. The van der Waals surface area contributed by atoms with Gasteiger partial charge in [0.05, 0.1) is 38.8 Å². The first-order valence-electron chi connectivity index (χ1n) is 19.2. The Morgan fingerprint density at radius 3 is 2.09 bits per heavy atom. The Kier molecular flexibility index (Phi) is 6.93. The lowest BCUT2D eigenvalue weighted by atomic mass is 9.82. The van der Waals surface area contributed by atoms with Crippen LogP contribution in [-0.4, -0.2) is 4.57 Å². The van der Waals surface area contributed by atoms with E-state index in [4.69, 9.17) is 17.3 Å². The number of benzene rings is 7. The summed E-state index contributed by atoms with van der Waals surface area (Å²) in [5.74, 6) is 0. The molecule has 1 aliphatic heterocycles. The molecule has 8 aromatic rings. The normalized spacial score (nSPS) is 14.9. The van der Waals surface area contributed by atoms with Crippen molar-refractivity contribution < 1.29 is 0 Å². The van der Waals surface area contributed by atoms with Crippen LogP contribution in [0.15, 0.2) is 158 Å². The first kappa shape index (κ1) is 32.2. The Morgan fingerprint density at radius 2 is 1.27 bits per heavy atom. The molecule has 11 rings (SSSR count). The first-order chi connectivity index (χ1) is 26.9. The van der Waals surface area contributed by atoms with Crippen molar-refractivity contribution in [2.45, 2.75) is 32.1 Å². The van der Waals surface area contributed by atoms with Crippen LogP contribution in [0.1, 0.15) is 37.8 Å². The van der Waals surface area contributed by atoms with Crippen LogP contribution in [0.25, 0.3) is 72.0 Å². The molecule has 0 radical (unpaired) electrons. The minimum Gasteiger partial charge on any atom is -0.397 e. The summed E-state index contributed by atoms with van der Waals surface area (Å²) in [6, 6.07) is 50.6. The molecule has 0 saturated heterocycles. The Labute approximate surface area is 326 Å². The number of allylic oxidation sites excluding steroid dienone is 4. The van der Waals surface area contributed by atoms with Crippen molar-refractivity contribution >= 4 is 61.9 Å². The highest BCUT2D eigenvalue weighted by molar-refractivity contribution is 6.35. The lowest BCUT2D eigenvalue weighted by molar-refractivity contribution is 0.661. The summed E-state index contributed by atoms with van der Waals surface area (Å²) in [5, 5.41) is 3.21. The molecule has 0 atom stereocenters. The second-order valence-electron chi connectivity index (χ2n) is 15.6. The predicted molar refractivity (Wildman–Crippen MR) is 234 cm³/mol. The number of hydrogen-bond donors (Lipinski definition) is 1. The fourth-order valence-corrected chi connectivity index (χ4v) is 9.80. The maximum Gasteiger partial charge on any atom is 0.0727 e. The van der Waals surface area contributed by atoms with Gasteiger partial charge in [-0.1, -0.05) is 123 Å². The molecule has 1 aromatic heterocycles. The van der Waals surface area contributed by atoms with Crippen molar-refractivity contribution in [1.82, 2.24) is 4.57 Å². The molecule has 4 heteroatoms. The molecule has 3 nitrogen and oxygen atoms in total. The van der Waals surface area contributed by atoms with Crippen LogP contribution in [-0.2, 0) is 5.41 Å². The van der Waals surface area contributed by atoms with E-state index in [0.717, 1.165) is 57.7 Å². The van der Waals surface area contributed by atoms with Crippen molar-refractivity contribution in [2.24, 2.45) is 0 Å². The van der Waals surface area contributed by atoms with Gasteiger partial charge in [-0.25, -0.2) is 0 Å². The summed E-state index contributed by atoms with van der Waals surface area (Å²) >= 11 is 7.12. The van der Waals surface area contributed by atoms with Gasteiger partial charge >= 0.3 is 0 Å². The smallest absolute Gasteiger partial charge is 0.0727 e. The number of nitrogen functional groups attached to an aromatic ring is 1. The molecule has 0 saturated carbocycles. The summed E-state index contributed by atoms with van der Waals surface area (Å²) in [4.78, 5) is 2.24. The highest BCUT2D eigenvalue weighted by Gasteiger charge is 2.36. The average Bonchev–Trinajstić information content (AvgIpc) is 3.60. The third-order valence-electron chi connectivity index (χ3n) is 12.2. The van der Waals surface area contributed by atoms with Crippen LogP contribution in [0.2, 0.25) is 5.02 Å². The molecule has 0 bridgehead atoms. The molecule has 7 aromatic carbocycles. The highest BCUT2D eigenvalue weighted by Crippen LogP contribution is 2.55. The second-order valence-corrected chi connectivity index (χ2v) is 16.0. The van der Waals surface area contributed by atoms with Gasteiger partial charge < -0.3 is 15.2 Å². The van der Waals surface area contributed by atoms with Gasteiger partial charge in [-0.3, -0.25) is 0 Å². The molecule has 2 heterocycles. The zero-order valence-corrected chi connectivity index (χ0v) is 31.5. The van der Waals surface area contributed by atoms with Crippen LogP contribution in [0.3, 0.4) is 0 Å². The van der Waals surface area contributed by atoms with Gasteiger partial charge in [-0.2, -0.15) is 0 Å². The average molecular weight is 728 g/mol. The maximum atomic E-state index is 7.12. The number of para-hydroxylation sites is 3. The number of fused-ring (bicyclic) bond motifs is 11. The van der Waals surface area contributed by atoms with Crippen LogP contribution < -0.4 is 10.6 Å². The Balaban J connectivity index is 1.16. The minimum absolute atomic E-state index is 0.0797. The maximum absolute atomic E-state index is 7.12. The molecule has 0 spiro atoms. The van der Waals surface area contributed by atoms with Crippen molar-refractivity contribution in [1.29, 1.82) is 0 Å². The van der Waals surface area contributed by atoms with E-state index in [1.165, 1.54) is 55.3 Å². The zero-order valence-electron chi connectivity index (χ0n) is 30.8. The Morgan fingerprint density at radius 1 is 0.564 bits per heavy atom. The fraction of sp³-hybridized carbons (Fsp3) is 0.0980. The predicted octanol–water partition coefficient (Wildman–Crippen LogP) is 14.3. The number of nitrogens with two attached hydrogens (primary N) is 1. The molecule has 264 valence electrons. The van der Waals surface area contributed by atoms with E-state index in [9.17, 15) is 0 Å². The molecule has 2 aliphatic carbocycles. The van der Waals surface area contributed by atoms with E-state index in [1.54, 1.807) is 0 Å². The molecule has 3 aliphatic rings. The largest absolute Gasteiger partial charge is 0.397 e. The van der Waals surface area contributed by atoms with Gasteiger partial charge in [0.2, 0.25) is 0 Å². The van der Waals surface area contributed by atoms with Gasteiger partial charge in [0.1, 0.15) is 0 Å². The number of nitrogens with zero attached hydrogens (tertiary/aromatic N) is 2. The summed E-state index contributed by atoms with van der Waals surface area (Å²) in [7, 11) is 0. The standard InChI is InChI=1S/C51H38ClN3/c1-51(2)42-19-9-8-17-36(42)38-29-41-40-28-32(23-25-46(40)54(49(41)30-43(38)51)33-13-4-3-5-14-33)31-24-26-47-39(27-31)35-16-7-6-15-34(35)37-18-12-20-44(52)50(37)55(47)48-22-11-10-21-45(48)53/h4,6-30H,3,5,53H2,1-2H3. The summed E-state index contributed by atoms with van der Waals surface area (Å²) < 4.78 is 2.49. The van der Waals surface area contributed by atoms with Gasteiger partial charge in [0.25, 0.3) is 0 Å². The second kappa shape index (κ2) is 11.9. The van der Waals surface area contributed by atoms with Gasteiger partial charge in [-0.15, -0.1) is 0 Å². The SMILES string of the molecule is CC1(C)c2ccccc2-c2cc3c4cc(-c5ccc6c(c5)-c5ccccc5-c5cccc(Cl)c5N6c5ccccc5N)ccc4n(C4=CCCC=C4)c3cc21. The third kappa shape index (κ3) is 4.63. The molecule has 55 heavy (non-hydrogen) atoms. The van der Waals surface area contributed by atoms with Gasteiger partial charge in [0.15, 0.2) is 0 Å². The summed E-state index contributed by atoms with van der Waals surface area (Å²) in [6.07, 6.45) is 9.11. The third-order valence-corrected chi connectivity index (χ3v) is 12.5. The number of halogens is 1. The van der Waals surface area contributed by atoms with Crippen molar-refractivity contribution in [3.8, 4) is 44.5 Å². The van der Waals surface area contributed by atoms with Crippen LogP contribution >= 0.6 is 11.6 Å². The highest BCUT2D eigenvalue weighted by atomic mass is 35.5. The zero-order chi connectivity index (χ0) is 37.0. The van der Waals surface area contributed by atoms with E-state index in [2.05, 4.69) is 151 Å². The minimum atomic E-state index is -0.0797. The molecule has 0 fully saturated rings. The number of aromatic nitrogens is 1. The quantitative estimate of drug-likeness (QED) is 0.184. The number of rotatable bonds is 3. The molecular weight excluding hydrogens is 690 g/mol. The van der Waals surface area contributed by atoms with Crippen molar-refractivity contribution in [3.63, 3.8) is 0 Å². The van der Waals surface area contributed by atoms with E-state index in [-0.39, 0.29) is 5.41 Å². The van der Waals surface area contributed by atoms with Crippen molar-refractivity contribution in [3.05, 3.63) is 174 Å². The number of anilines is 4. The lowest BCUT2D eigenvalue weighted by Gasteiger charge is -2.29. The van der Waals surface area contributed by atoms with E-state index >= 15 is 0 Å². The molecular formula is C51H38ClN3. The van der Waals surface area contributed by atoms with Crippen LogP contribution in [0.5, 0.6) is 0 Å². The van der Waals surface area contributed by atoms with E-state index < -0.39 is 0 Å². The van der Waals surface area contributed by atoms with Crippen LogP contribution in [0, 0.1) is 0 Å².